The molecule has 0 aliphatic carbocycles. The first-order valence-corrected chi connectivity index (χ1v) is 6.44. The molecule has 0 bridgehead atoms. The number of amides is 3. The van der Waals surface area contributed by atoms with Crippen molar-refractivity contribution in [1.82, 2.24) is 10.6 Å². The van der Waals surface area contributed by atoms with E-state index in [1.165, 1.54) is 0 Å². The molecule has 1 aliphatic rings. The van der Waals surface area contributed by atoms with Crippen molar-refractivity contribution < 1.29 is 19.1 Å². The molecule has 1 fully saturated rings. The van der Waals surface area contributed by atoms with E-state index >= 15 is 0 Å². The largest absolute Gasteiger partial charge is 0.482 e. The molecular weight excluding hydrogens is 284 g/mol. The van der Waals surface area contributed by atoms with E-state index in [2.05, 4.69) is 10.6 Å². The second-order valence-electron chi connectivity index (χ2n) is 4.29. The van der Waals surface area contributed by atoms with Crippen molar-refractivity contribution in [2.24, 2.45) is 0 Å². The summed E-state index contributed by atoms with van der Waals surface area (Å²) in [6, 6.07) is 6.07. The van der Waals surface area contributed by atoms with E-state index < -0.39 is 17.9 Å². The lowest BCUT2D eigenvalue weighted by Gasteiger charge is -2.21. The standard InChI is InChI=1S/C13H13ClN2O4/c14-8-3-1-2-4-10(8)20-7-12(18)15-9-5-6-11(17)16-13(9)19/h1-4,9H,5-7H2,(H,15,18)(H,16,17,19). The van der Waals surface area contributed by atoms with Crippen molar-refractivity contribution in [2.75, 3.05) is 6.61 Å². The molecular formula is C13H13ClN2O4. The van der Waals surface area contributed by atoms with Gasteiger partial charge in [0.15, 0.2) is 6.61 Å². The summed E-state index contributed by atoms with van der Waals surface area (Å²) in [5, 5.41) is 5.07. The summed E-state index contributed by atoms with van der Waals surface area (Å²) >= 11 is 5.88. The molecule has 6 nitrogen and oxygen atoms in total. The highest BCUT2D eigenvalue weighted by molar-refractivity contribution is 6.32. The molecule has 1 aliphatic heterocycles. The number of hydrogen-bond donors (Lipinski definition) is 2. The molecule has 1 unspecified atom stereocenters. The van der Waals surface area contributed by atoms with Crippen molar-refractivity contribution in [1.29, 1.82) is 0 Å². The zero-order chi connectivity index (χ0) is 14.5. The highest BCUT2D eigenvalue weighted by atomic mass is 35.5. The van der Waals surface area contributed by atoms with Crippen molar-refractivity contribution in [2.45, 2.75) is 18.9 Å². The summed E-state index contributed by atoms with van der Waals surface area (Å²) in [5.41, 5.74) is 0. The number of rotatable bonds is 4. The number of carbonyl (C=O) groups excluding carboxylic acids is 3. The molecule has 0 aromatic heterocycles. The lowest BCUT2D eigenvalue weighted by atomic mass is 10.1. The lowest BCUT2D eigenvalue weighted by Crippen LogP contribution is -2.53. The SMILES string of the molecule is O=C1CCC(NC(=O)COc2ccccc2Cl)C(=O)N1. The van der Waals surface area contributed by atoms with Gasteiger partial charge in [-0.3, -0.25) is 19.7 Å². The molecule has 2 N–H and O–H groups in total. The fraction of sp³-hybridized carbons (Fsp3) is 0.308. The minimum Gasteiger partial charge on any atom is -0.482 e. The first-order valence-electron chi connectivity index (χ1n) is 6.06. The predicted octanol–water partition coefficient (Wildman–Crippen LogP) is 0.640. The predicted molar refractivity (Wildman–Crippen MR) is 71.3 cm³/mol. The number of ether oxygens (including phenoxy) is 1. The van der Waals surface area contributed by atoms with Crippen LogP contribution in [0.4, 0.5) is 0 Å². The van der Waals surface area contributed by atoms with Gasteiger partial charge in [-0.05, 0) is 18.6 Å². The Hall–Kier alpha value is -2.08. The minimum atomic E-state index is -0.699. The van der Waals surface area contributed by atoms with E-state index in [0.29, 0.717) is 17.2 Å². The number of para-hydroxylation sites is 1. The van der Waals surface area contributed by atoms with Crippen LogP contribution < -0.4 is 15.4 Å². The van der Waals surface area contributed by atoms with Gasteiger partial charge >= 0.3 is 0 Å². The van der Waals surface area contributed by atoms with E-state index in [4.69, 9.17) is 16.3 Å². The third-order valence-corrected chi connectivity index (χ3v) is 3.08. The Labute approximate surface area is 120 Å². The van der Waals surface area contributed by atoms with Gasteiger partial charge < -0.3 is 10.1 Å². The van der Waals surface area contributed by atoms with Crippen LogP contribution in [0.1, 0.15) is 12.8 Å². The van der Waals surface area contributed by atoms with Gasteiger partial charge in [0.1, 0.15) is 11.8 Å². The highest BCUT2D eigenvalue weighted by Gasteiger charge is 2.27. The van der Waals surface area contributed by atoms with Gasteiger partial charge in [-0.15, -0.1) is 0 Å². The number of benzene rings is 1. The Kier molecular flexibility index (Phi) is 4.57. The average Bonchev–Trinajstić information content (AvgIpc) is 2.41. The number of halogens is 1. The van der Waals surface area contributed by atoms with Crippen molar-refractivity contribution >= 4 is 29.3 Å². The van der Waals surface area contributed by atoms with E-state index in [1.807, 2.05) is 0 Å². The summed E-state index contributed by atoms with van der Waals surface area (Å²) in [7, 11) is 0. The Morgan fingerprint density at radius 3 is 2.85 bits per heavy atom. The van der Waals surface area contributed by atoms with Crippen molar-refractivity contribution in [3.8, 4) is 5.75 Å². The molecule has 0 radical (unpaired) electrons. The molecule has 3 amide bonds. The summed E-state index contributed by atoms with van der Waals surface area (Å²) in [6.45, 7) is -0.249. The topological polar surface area (TPSA) is 84.5 Å². The van der Waals surface area contributed by atoms with Crippen LogP contribution >= 0.6 is 11.6 Å². The molecule has 20 heavy (non-hydrogen) atoms. The van der Waals surface area contributed by atoms with Crippen molar-refractivity contribution in [3.05, 3.63) is 29.3 Å². The van der Waals surface area contributed by atoms with Crippen LogP contribution in [-0.2, 0) is 14.4 Å². The first-order chi connectivity index (χ1) is 9.56. The van der Waals surface area contributed by atoms with Crippen LogP contribution in [0.5, 0.6) is 5.75 Å². The molecule has 0 spiro atoms. The van der Waals surface area contributed by atoms with Crippen LogP contribution in [0.15, 0.2) is 24.3 Å². The molecule has 1 aromatic carbocycles. The fourth-order valence-corrected chi connectivity index (χ4v) is 1.96. The van der Waals surface area contributed by atoms with Crippen LogP contribution in [0, 0.1) is 0 Å². The Morgan fingerprint density at radius 2 is 2.15 bits per heavy atom. The van der Waals surface area contributed by atoms with Gasteiger partial charge in [-0.2, -0.15) is 0 Å². The maximum atomic E-state index is 11.7. The van der Waals surface area contributed by atoms with Gasteiger partial charge in [0.05, 0.1) is 5.02 Å². The Morgan fingerprint density at radius 1 is 1.40 bits per heavy atom. The minimum absolute atomic E-state index is 0.210. The average molecular weight is 297 g/mol. The zero-order valence-corrected chi connectivity index (χ0v) is 11.3. The number of piperidine rings is 1. The molecule has 1 atom stereocenters. The molecule has 0 saturated carbocycles. The highest BCUT2D eigenvalue weighted by Crippen LogP contribution is 2.22. The molecule has 1 heterocycles. The zero-order valence-electron chi connectivity index (χ0n) is 10.5. The Bertz CT molecular complexity index is 547. The first kappa shape index (κ1) is 14.3. The van der Waals surface area contributed by atoms with Crippen LogP contribution in [0.25, 0.3) is 0 Å². The van der Waals surface area contributed by atoms with Gasteiger partial charge in [0.2, 0.25) is 11.8 Å². The maximum absolute atomic E-state index is 11.7. The second-order valence-corrected chi connectivity index (χ2v) is 4.70. The molecule has 1 saturated heterocycles. The van der Waals surface area contributed by atoms with Gasteiger partial charge in [-0.25, -0.2) is 0 Å². The van der Waals surface area contributed by atoms with E-state index in [-0.39, 0.29) is 18.9 Å². The van der Waals surface area contributed by atoms with Crippen LogP contribution in [-0.4, -0.2) is 30.4 Å². The fourth-order valence-electron chi connectivity index (χ4n) is 1.77. The monoisotopic (exact) mass is 296 g/mol. The summed E-state index contributed by atoms with van der Waals surface area (Å²) in [6.07, 6.45) is 0.505. The number of carbonyl (C=O) groups is 3. The number of nitrogens with one attached hydrogen (secondary N) is 2. The third-order valence-electron chi connectivity index (χ3n) is 2.77. The quantitative estimate of drug-likeness (QED) is 0.799. The van der Waals surface area contributed by atoms with Gasteiger partial charge in [0.25, 0.3) is 5.91 Å². The van der Waals surface area contributed by atoms with Crippen LogP contribution in [0.2, 0.25) is 5.02 Å². The van der Waals surface area contributed by atoms with E-state index in [9.17, 15) is 14.4 Å². The Balaban J connectivity index is 1.83. The van der Waals surface area contributed by atoms with Crippen LogP contribution in [0.3, 0.4) is 0 Å². The summed E-state index contributed by atoms with van der Waals surface area (Å²) < 4.78 is 5.25. The summed E-state index contributed by atoms with van der Waals surface area (Å²) in [5.74, 6) is -0.868. The number of imide groups is 1. The normalized spacial score (nSPS) is 18.4. The molecule has 2 rings (SSSR count). The van der Waals surface area contributed by atoms with E-state index in [1.54, 1.807) is 24.3 Å². The second kappa shape index (κ2) is 6.38. The van der Waals surface area contributed by atoms with Crippen molar-refractivity contribution in [3.63, 3.8) is 0 Å². The molecule has 106 valence electrons. The smallest absolute Gasteiger partial charge is 0.258 e. The number of hydrogen-bond acceptors (Lipinski definition) is 4. The molecule has 7 heteroatoms. The summed E-state index contributed by atoms with van der Waals surface area (Å²) in [4.78, 5) is 34.1. The lowest BCUT2D eigenvalue weighted by molar-refractivity contribution is -0.137. The third kappa shape index (κ3) is 3.71. The molecule has 1 aromatic rings. The van der Waals surface area contributed by atoms with E-state index in [0.717, 1.165) is 0 Å². The van der Waals surface area contributed by atoms with Gasteiger partial charge in [0, 0.05) is 6.42 Å². The maximum Gasteiger partial charge on any atom is 0.258 e. The van der Waals surface area contributed by atoms with Gasteiger partial charge in [-0.1, -0.05) is 23.7 Å².